The van der Waals surface area contributed by atoms with E-state index in [2.05, 4.69) is 36.4 Å². The van der Waals surface area contributed by atoms with E-state index in [1.54, 1.807) is 12.4 Å². The highest BCUT2D eigenvalue weighted by atomic mass is 16.3. The van der Waals surface area contributed by atoms with E-state index in [4.69, 9.17) is 4.98 Å². The summed E-state index contributed by atoms with van der Waals surface area (Å²) < 4.78 is 1.50. The minimum absolute atomic E-state index is 0.00687. The van der Waals surface area contributed by atoms with Crippen LogP contribution in [-0.2, 0) is 12.0 Å². The topological polar surface area (TPSA) is 92.1 Å². The largest absolute Gasteiger partial charge is 0.395 e. The van der Waals surface area contributed by atoms with Gasteiger partial charge in [0.1, 0.15) is 17.5 Å². The summed E-state index contributed by atoms with van der Waals surface area (Å²) in [5.74, 6) is 1.81. The van der Waals surface area contributed by atoms with E-state index < -0.39 is 0 Å². The number of fused-ring (bicyclic) bond motifs is 1. The second-order valence-electron chi connectivity index (χ2n) is 9.54. The fourth-order valence-electron chi connectivity index (χ4n) is 3.19. The number of aromatic nitrogens is 3. The Morgan fingerprint density at radius 3 is 2.43 bits per heavy atom. The third kappa shape index (κ3) is 4.97. The lowest BCUT2D eigenvalue weighted by Crippen LogP contribution is -2.29. The molecule has 0 bridgehead atoms. The minimum Gasteiger partial charge on any atom is -0.395 e. The van der Waals surface area contributed by atoms with Crippen LogP contribution in [0.3, 0.4) is 0 Å². The van der Waals surface area contributed by atoms with Crippen molar-refractivity contribution in [3.63, 3.8) is 0 Å². The number of hydrogen-bond acceptors (Lipinski definition) is 6. The zero-order valence-electron chi connectivity index (χ0n) is 18.6. The Labute approximate surface area is 177 Å². The highest BCUT2D eigenvalue weighted by Gasteiger charge is 2.18. The van der Waals surface area contributed by atoms with Gasteiger partial charge in [0.25, 0.3) is 5.56 Å². The molecule has 7 heteroatoms. The molecule has 0 amide bonds. The van der Waals surface area contributed by atoms with Gasteiger partial charge >= 0.3 is 0 Å². The molecule has 160 valence electrons. The average molecular weight is 410 g/mol. The average Bonchev–Trinajstić information content (AvgIpc) is 2.62. The van der Waals surface area contributed by atoms with Gasteiger partial charge in [0.2, 0.25) is 0 Å². The first kappa shape index (κ1) is 21.8. The summed E-state index contributed by atoms with van der Waals surface area (Å²) in [7, 11) is 0. The van der Waals surface area contributed by atoms with Crippen molar-refractivity contribution in [2.45, 2.75) is 59.0 Å². The molecular weight excluding hydrogens is 378 g/mol. The van der Waals surface area contributed by atoms with E-state index in [1.165, 1.54) is 10.1 Å². The number of hydrogen-bond donors (Lipinski definition) is 3. The van der Waals surface area contributed by atoms with Crippen molar-refractivity contribution in [1.29, 1.82) is 0 Å². The van der Waals surface area contributed by atoms with Crippen molar-refractivity contribution in [3.05, 3.63) is 52.6 Å². The maximum atomic E-state index is 13.0. The second kappa shape index (κ2) is 8.07. The Morgan fingerprint density at radius 2 is 1.80 bits per heavy atom. The molecule has 3 N–H and O–H groups in total. The third-order valence-electron chi connectivity index (χ3n) is 4.68. The normalized spacial score (nSPS) is 12.2. The second-order valence-corrected chi connectivity index (χ2v) is 9.54. The number of rotatable bonds is 5. The molecule has 0 radical (unpaired) electrons. The van der Waals surface area contributed by atoms with E-state index in [-0.39, 0.29) is 29.7 Å². The van der Waals surface area contributed by atoms with Gasteiger partial charge in [-0.2, -0.15) is 0 Å². The first-order valence-corrected chi connectivity index (χ1v) is 10.1. The van der Waals surface area contributed by atoms with Crippen molar-refractivity contribution < 1.29 is 5.11 Å². The summed E-state index contributed by atoms with van der Waals surface area (Å²) in [6.07, 6.45) is 3.48. The Bertz CT molecular complexity index is 1110. The number of nitrogens with one attached hydrogen (secondary N) is 2. The lowest BCUT2D eigenvalue weighted by Gasteiger charge is -2.23. The molecule has 0 spiro atoms. The highest BCUT2D eigenvalue weighted by molar-refractivity contribution is 5.93. The van der Waals surface area contributed by atoms with Crippen LogP contribution in [0.1, 0.15) is 47.1 Å². The first-order chi connectivity index (χ1) is 14.0. The van der Waals surface area contributed by atoms with Crippen LogP contribution in [-0.4, -0.2) is 31.8 Å². The van der Waals surface area contributed by atoms with Crippen molar-refractivity contribution in [2.24, 2.45) is 0 Å². The fourth-order valence-corrected chi connectivity index (χ4v) is 3.19. The van der Waals surface area contributed by atoms with Crippen molar-refractivity contribution >= 4 is 28.2 Å². The van der Waals surface area contributed by atoms with Gasteiger partial charge in [-0.05, 0) is 61.4 Å². The molecule has 30 heavy (non-hydrogen) atoms. The molecule has 7 nitrogen and oxygen atoms in total. The van der Waals surface area contributed by atoms with Crippen LogP contribution in [0.2, 0.25) is 0 Å². The molecule has 0 aliphatic carbocycles. The lowest BCUT2D eigenvalue weighted by molar-refractivity contribution is 0.274. The Kier molecular flexibility index (Phi) is 5.85. The summed E-state index contributed by atoms with van der Waals surface area (Å²) >= 11 is 0. The van der Waals surface area contributed by atoms with Crippen LogP contribution in [0, 0.1) is 0 Å². The quantitative estimate of drug-likeness (QED) is 0.589. The molecule has 3 rings (SSSR count). The van der Waals surface area contributed by atoms with Crippen LogP contribution in [0.25, 0.3) is 10.8 Å². The summed E-state index contributed by atoms with van der Waals surface area (Å²) in [5.41, 5.74) is 0.709. The van der Waals surface area contributed by atoms with Crippen molar-refractivity contribution in [1.82, 2.24) is 14.5 Å². The molecule has 0 aromatic carbocycles. The van der Waals surface area contributed by atoms with Crippen molar-refractivity contribution in [3.8, 4) is 0 Å². The summed E-state index contributed by atoms with van der Waals surface area (Å²) in [4.78, 5) is 22.1. The standard InChI is InChI=1S/C23H31N5O2/c1-22(2,3)16-7-9-24-17(14-16)25-18-13-15-8-10-28(11-12-29)21(30)19(15)20(26-18)27-23(4,5)6/h7-10,13-14,29H,11-12H2,1-6H3,(H2,24,25,26,27). The van der Waals surface area contributed by atoms with E-state index in [0.29, 0.717) is 22.8 Å². The van der Waals surface area contributed by atoms with E-state index in [9.17, 15) is 9.90 Å². The monoisotopic (exact) mass is 409 g/mol. The summed E-state index contributed by atoms with van der Waals surface area (Å²) in [6.45, 7) is 12.7. The molecule has 3 aromatic heterocycles. The maximum Gasteiger partial charge on any atom is 0.262 e. The Morgan fingerprint density at radius 1 is 1.07 bits per heavy atom. The first-order valence-electron chi connectivity index (χ1n) is 10.1. The van der Waals surface area contributed by atoms with Gasteiger partial charge in [0.15, 0.2) is 0 Å². The van der Waals surface area contributed by atoms with Crippen LogP contribution in [0.15, 0.2) is 41.5 Å². The van der Waals surface area contributed by atoms with Crippen LogP contribution >= 0.6 is 0 Å². The van der Waals surface area contributed by atoms with Gasteiger partial charge in [-0.3, -0.25) is 4.79 Å². The Hall–Kier alpha value is -2.93. The van der Waals surface area contributed by atoms with E-state index >= 15 is 0 Å². The number of nitrogens with zero attached hydrogens (tertiary/aromatic N) is 3. The maximum absolute atomic E-state index is 13.0. The van der Waals surface area contributed by atoms with Crippen molar-refractivity contribution in [2.75, 3.05) is 17.2 Å². The van der Waals surface area contributed by atoms with Crippen LogP contribution in [0.4, 0.5) is 17.5 Å². The molecule has 3 heterocycles. The molecule has 0 fully saturated rings. The number of pyridine rings is 3. The molecular formula is C23H31N5O2. The predicted octanol–water partition coefficient (Wildman–Crippen LogP) is 4.04. The summed E-state index contributed by atoms with van der Waals surface area (Å²) in [6, 6.07) is 7.74. The van der Waals surface area contributed by atoms with Gasteiger partial charge in [-0.15, -0.1) is 0 Å². The Balaban J connectivity index is 2.11. The molecule has 0 aliphatic heterocycles. The molecule has 3 aromatic rings. The van der Waals surface area contributed by atoms with Crippen LogP contribution in [0.5, 0.6) is 0 Å². The van der Waals surface area contributed by atoms with E-state index in [1.807, 2.05) is 45.0 Å². The van der Waals surface area contributed by atoms with Gasteiger partial charge in [0, 0.05) is 24.5 Å². The summed E-state index contributed by atoms with van der Waals surface area (Å²) in [5, 5.41) is 17.2. The van der Waals surface area contributed by atoms with Crippen LogP contribution < -0.4 is 16.2 Å². The lowest BCUT2D eigenvalue weighted by atomic mass is 9.88. The number of aliphatic hydroxyl groups is 1. The zero-order valence-corrected chi connectivity index (χ0v) is 18.6. The smallest absolute Gasteiger partial charge is 0.262 e. The molecule has 0 saturated heterocycles. The third-order valence-corrected chi connectivity index (χ3v) is 4.68. The highest BCUT2D eigenvalue weighted by Crippen LogP contribution is 2.28. The SMILES string of the molecule is CC(C)(C)Nc1nc(Nc2cc(C(C)(C)C)ccn2)cc2ccn(CCO)c(=O)c12. The fraction of sp³-hybridized carbons (Fsp3) is 0.435. The molecule has 0 unspecified atom stereocenters. The van der Waals surface area contributed by atoms with Gasteiger partial charge in [0.05, 0.1) is 12.0 Å². The molecule has 0 saturated carbocycles. The van der Waals surface area contributed by atoms with Gasteiger partial charge in [-0.1, -0.05) is 20.8 Å². The predicted molar refractivity (Wildman–Crippen MR) is 123 cm³/mol. The number of aliphatic hydroxyl groups excluding tert-OH is 1. The van der Waals surface area contributed by atoms with E-state index in [0.717, 1.165) is 5.39 Å². The molecule has 0 atom stereocenters. The zero-order chi connectivity index (χ0) is 22.1. The van der Waals surface area contributed by atoms with Gasteiger partial charge in [-0.25, -0.2) is 9.97 Å². The number of anilines is 3. The minimum atomic E-state index is -0.285. The van der Waals surface area contributed by atoms with Gasteiger partial charge < -0.3 is 20.3 Å². The molecule has 0 aliphatic rings.